The van der Waals surface area contributed by atoms with Crippen LogP contribution in [0, 0.1) is 10.1 Å². The Bertz CT molecular complexity index is 760. The number of nitrogens with one attached hydrogen (secondary N) is 1. The molecule has 2 rings (SSSR count). The minimum atomic E-state index is -3.65. The molecule has 0 saturated carbocycles. The molecule has 0 radical (unpaired) electrons. The maximum absolute atomic E-state index is 12.1. The van der Waals surface area contributed by atoms with Crippen molar-refractivity contribution in [3.63, 3.8) is 0 Å². The van der Waals surface area contributed by atoms with Crippen LogP contribution in [0.4, 0.5) is 5.69 Å². The number of hydrogen-bond acceptors (Lipinski definition) is 4. The summed E-state index contributed by atoms with van der Waals surface area (Å²) >= 11 is 3.23. The highest BCUT2D eigenvalue weighted by Crippen LogP contribution is 2.16. The summed E-state index contributed by atoms with van der Waals surface area (Å²) in [6.45, 7) is -0.0138. The second-order valence-corrected chi connectivity index (χ2v) is 6.89. The van der Waals surface area contributed by atoms with E-state index in [-0.39, 0.29) is 17.1 Å². The van der Waals surface area contributed by atoms with E-state index in [1.165, 1.54) is 30.3 Å². The Balaban J connectivity index is 2.13. The Kier molecular flexibility index (Phi) is 4.71. The molecule has 1 N–H and O–H groups in total. The topological polar surface area (TPSA) is 89.3 Å². The Hall–Kier alpha value is -1.77. The number of sulfonamides is 1. The first kappa shape index (κ1) is 15.6. The van der Waals surface area contributed by atoms with E-state index in [1.54, 1.807) is 18.2 Å². The predicted molar refractivity (Wildman–Crippen MR) is 81.3 cm³/mol. The number of hydrogen-bond donors (Lipinski definition) is 1. The van der Waals surface area contributed by atoms with Crippen LogP contribution in [-0.4, -0.2) is 13.3 Å². The first-order chi connectivity index (χ1) is 9.88. The average molecular weight is 371 g/mol. The SMILES string of the molecule is O=[N+]([O-])c1cccc(CNS(=O)(=O)c2ccc(Br)cc2)c1. The molecule has 21 heavy (non-hydrogen) atoms. The number of benzene rings is 2. The van der Waals surface area contributed by atoms with Crippen molar-refractivity contribution in [3.8, 4) is 0 Å². The summed E-state index contributed by atoms with van der Waals surface area (Å²) in [6, 6.07) is 12.0. The zero-order valence-corrected chi connectivity index (χ0v) is 13.1. The molecule has 0 saturated heterocycles. The lowest BCUT2D eigenvalue weighted by Gasteiger charge is -2.07. The van der Waals surface area contributed by atoms with Crippen molar-refractivity contribution in [3.05, 3.63) is 68.7 Å². The van der Waals surface area contributed by atoms with Gasteiger partial charge in [0.2, 0.25) is 10.0 Å². The first-order valence-electron chi connectivity index (χ1n) is 5.87. The van der Waals surface area contributed by atoms with Gasteiger partial charge in [0.05, 0.1) is 9.82 Å². The van der Waals surface area contributed by atoms with Gasteiger partial charge in [0.1, 0.15) is 0 Å². The summed E-state index contributed by atoms with van der Waals surface area (Å²) in [6.07, 6.45) is 0. The highest BCUT2D eigenvalue weighted by atomic mass is 79.9. The van der Waals surface area contributed by atoms with Crippen molar-refractivity contribution in [2.45, 2.75) is 11.4 Å². The summed E-state index contributed by atoms with van der Waals surface area (Å²) < 4.78 is 27.3. The van der Waals surface area contributed by atoms with Crippen LogP contribution in [0.15, 0.2) is 57.9 Å². The van der Waals surface area contributed by atoms with Gasteiger partial charge in [0.15, 0.2) is 0 Å². The normalized spacial score (nSPS) is 11.3. The molecule has 0 bridgehead atoms. The molecule has 0 aromatic heterocycles. The highest BCUT2D eigenvalue weighted by molar-refractivity contribution is 9.10. The van der Waals surface area contributed by atoms with Crippen molar-refractivity contribution >= 4 is 31.6 Å². The lowest BCUT2D eigenvalue weighted by Crippen LogP contribution is -2.23. The van der Waals surface area contributed by atoms with E-state index in [0.29, 0.717) is 5.56 Å². The fourth-order valence-corrected chi connectivity index (χ4v) is 2.94. The smallest absolute Gasteiger partial charge is 0.258 e. The molecule has 0 aliphatic rings. The van der Waals surface area contributed by atoms with Crippen LogP contribution in [0.2, 0.25) is 0 Å². The van der Waals surface area contributed by atoms with Crippen LogP contribution in [0.3, 0.4) is 0 Å². The number of nitrogens with zero attached hydrogens (tertiary/aromatic N) is 1. The zero-order valence-electron chi connectivity index (χ0n) is 10.7. The van der Waals surface area contributed by atoms with E-state index in [9.17, 15) is 18.5 Å². The van der Waals surface area contributed by atoms with E-state index < -0.39 is 14.9 Å². The number of nitro benzene ring substituents is 1. The van der Waals surface area contributed by atoms with Crippen LogP contribution < -0.4 is 4.72 Å². The largest absolute Gasteiger partial charge is 0.269 e. The van der Waals surface area contributed by atoms with E-state index >= 15 is 0 Å². The molecular weight excluding hydrogens is 360 g/mol. The van der Waals surface area contributed by atoms with Crippen molar-refractivity contribution in [2.75, 3.05) is 0 Å². The molecule has 8 heteroatoms. The lowest BCUT2D eigenvalue weighted by atomic mass is 10.2. The van der Waals surface area contributed by atoms with Crippen molar-refractivity contribution in [1.82, 2.24) is 4.72 Å². The Labute approximate surface area is 130 Å². The third kappa shape index (κ3) is 4.10. The van der Waals surface area contributed by atoms with Crippen LogP contribution in [-0.2, 0) is 16.6 Å². The molecule has 0 atom stereocenters. The molecule has 0 amide bonds. The fraction of sp³-hybridized carbons (Fsp3) is 0.0769. The maximum atomic E-state index is 12.1. The molecule has 110 valence electrons. The van der Waals surface area contributed by atoms with Gasteiger partial charge in [-0.25, -0.2) is 13.1 Å². The summed E-state index contributed by atoms with van der Waals surface area (Å²) in [5.74, 6) is 0. The summed E-state index contributed by atoms with van der Waals surface area (Å²) in [5, 5.41) is 10.7. The molecule has 2 aromatic carbocycles. The van der Waals surface area contributed by atoms with Gasteiger partial charge in [-0.05, 0) is 29.8 Å². The van der Waals surface area contributed by atoms with Crippen LogP contribution >= 0.6 is 15.9 Å². The molecule has 0 aliphatic carbocycles. The maximum Gasteiger partial charge on any atom is 0.269 e. The molecule has 0 unspecified atom stereocenters. The minimum Gasteiger partial charge on any atom is -0.258 e. The monoisotopic (exact) mass is 370 g/mol. The Morgan fingerprint density at radius 3 is 2.43 bits per heavy atom. The molecule has 0 aliphatic heterocycles. The van der Waals surface area contributed by atoms with E-state index in [1.807, 2.05) is 0 Å². The fourth-order valence-electron chi connectivity index (χ4n) is 1.66. The van der Waals surface area contributed by atoms with E-state index in [0.717, 1.165) is 4.47 Å². The zero-order chi connectivity index (χ0) is 15.5. The second-order valence-electron chi connectivity index (χ2n) is 4.21. The second kappa shape index (κ2) is 6.33. The molecule has 2 aromatic rings. The Morgan fingerprint density at radius 1 is 1.14 bits per heavy atom. The number of non-ortho nitro benzene ring substituents is 1. The standard InChI is InChI=1S/C13H11BrN2O4S/c14-11-4-6-13(7-5-11)21(19,20)15-9-10-2-1-3-12(8-10)16(17)18/h1-8,15H,9H2. The Morgan fingerprint density at radius 2 is 1.81 bits per heavy atom. The predicted octanol–water partition coefficient (Wildman–Crippen LogP) is 2.84. The van der Waals surface area contributed by atoms with E-state index in [4.69, 9.17) is 0 Å². The number of rotatable bonds is 5. The van der Waals surface area contributed by atoms with Gasteiger partial charge in [-0.1, -0.05) is 28.1 Å². The molecule has 0 fully saturated rings. The van der Waals surface area contributed by atoms with Gasteiger partial charge in [-0.3, -0.25) is 10.1 Å². The van der Waals surface area contributed by atoms with Gasteiger partial charge in [-0.15, -0.1) is 0 Å². The summed E-state index contributed by atoms with van der Waals surface area (Å²) in [5.41, 5.74) is 0.445. The van der Waals surface area contributed by atoms with Gasteiger partial charge in [0, 0.05) is 23.2 Å². The van der Waals surface area contributed by atoms with Gasteiger partial charge in [0.25, 0.3) is 5.69 Å². The lowest BCUT2D eigenvalue weighted by molar-refractivity contribution is -0.384. The quantitative estimate of drug-likeness (QED) is 0.647. The van der Waals surface area contributed by atoms with Crippen molar-refractivity contribution in [2.24, 2.45) is 0 Å². The highest BCUT2D eigenvalue weighted by Gasteiger charge is 2.14. The van der Waals surface area contributed by atoms with Crippen molar-refractivity contribution < 1.29 is 13.3 Å². The first-order valence-corrected chi connectivity index (χ1v) is 8.15. The molecule has 0 heterocycles. The third-order valence-corrected chi connectivity index (χ3v) is 4.66. The van der Waals surface area contributed by atoms with Gasteiger partial charge >= 0.3 is 0 Å². The summed E-state index contributed by atoms with van der Waals surface area (Å²) in [7, 11) is -3.65. The average Bonchev–Trinajstić information content (AvgIpc) is 2.46. The molecule has 0 spiro atoms. The molecular formula is C13H11BrN2O4S. The third-order valence-electron chi connectivity index (χ3n) is 2.71. The number of nitro groups is 1. The summed E-state index contributed by atoms with van der Waals surface area (Å²) in [4.78, 5) is 10.3. The molecule has 6 nitrogen and oxygen atoms in total. The van der Waals surface area contributed by atoms with Gasteiger partial charge < -0.3 is 0 Å². The van der Waals surface area contributed by atoms with Crippen LogP contribution in [0.25, 0.3) is 0 Å². The van der Waals surface area contributed by atoms with E-state index in [2.05, 4.69) is 20.7 Å². The number of halogens is 1. The van der Waals surface area contributed by atoms with Crippen LogP contribution in [0.5, 0.6) is 0 Å². The minimum absolute atomic E-state index is 0.0138. The van der Waals surface area contributed by atoms with Crippen LogP contribution in [0.1, 0.15) is 5.56 Å². The van der Waals surface area contributed by atoms with Crippen molar-refractivity contribution in [1.29, 1.82) is 0 Å². The van der Waals surface area contributed by atoms with Gasteiger partial charge in [-0.2, -0.15) is 0 Å².